The number of para-hydroxylation sites is 1. The maximum absolute atomic E-state index is 13.1. The first-order chi connectivity index (χ1) is 16.6. The van der Waals surface area contributed by atoms with Gasteiger partial charge in [-0.3, -0.25) is 13.9 Å². The van der Waals surface area contributed by atoms with Crippen LogP contribution in [-0.2, 0) is 14.8 Å². The van der Waals surface area contributed by atoms with Crippen molar-refractivity contribution in [3.05, 3.63) is 90.0 Å². The Labute approximate surface area is 206 Å². The van der Waals surface area contributed by atoms with Crippen LogP contribution in [0.2, 0.25) is 0 Å². The van der Waals surface area contributed by atoms with Gasteiger partial charge in [-0.05, 0) is 55.8 Å². The summed E-state index contributed by atoms with van der Waals surface area (Å²) in [7, 11) is -2.29. The van der Waals surface area contributed by atoms with Crippen LogP contribution in [0.1, 0.15) is 35.8 Å². The molecule has 184 valence electrons. The molecule has 0 heterocycles. The molecule has 0 unspecified atom stereocenters. The number of methoxy groups -OCH3 is 1. The third-order valence-electron chi connectivity index (χ3n) is 5.49. The zero-order valence-corrected chi connectivity index (χ0v) is 20.9. The van der Waals surface area contributed by atoms with E-state index in [1.807, 2.05) is 37.3 Å². The SMILES string of the molecule is COc1ccc(N([C@H](C)C(=O)Nc2ccccc2C(=O)N[C@@H](C)c2ccccc2)S(C)(=O)=O)cc1. The van der Waals surface area contributed by atoms with Gasteiger partial charge in [0, 0.05) is 0 Å². The minimum absolute atomic E-state index is 0.248. The first-order valence-corrected chi connectivity index (χ1v) is 12.9. The molecular formula is C26H29N3O5S. The number of ether oxygens (including phenoxy) is 1. The van der Waals surface area contributed by atoms with Gasteiger partial charge in [0.1, 0.15) is 11.8 Å². The van der Waals surface area contributed by atoms with Crippen molar-refractivity contribution in [3.63, 3.8) is 0 Å². The minimum atomic E-state index is -3.79. The first kappa shape index (κ1) is 25.8. The van der Waals surface area contributed by atoms with Gasteiger partial charge < -0.3 is 15.4 Å². The predicted octanol–water partition coefficient (Wildman–Crippen LogP) is 3.98. The minimum Gasteiger partial charge on any atom is -0.497 e. The first-order valence-electron chi connectivity index (χ1n) is 11.0. The number of rotatable bonds is 9. The normalized spacial score (nSPS) is 12.8. The van der Waals surface area contributed by atoms with Crippen molar-refractivity contribution < 1.29 is 22.7 Å². The highest BCUT2D eigenvalue weighted by atomic mass is 32.2. The van der Waals surface area contributed by atoms with Gasteiger partial charge in [0.05, 0.1) is 36.3 Å². The fraction of sp³-hybridized carbons (Fsp3) is 0.231. The molecule has 0 radical (unpaired) electrons. The lowest BCUT2D eigenvalue weighted by molar-refractivity contribution is -0.116. The number of nitrogens with zero attached hydrogens (tertiary/aromatic N) is 1. The van der Waals surface area contributed by atoms with E-state index in [4.69, 9.17) is 4.74 Å². The molecule has 2 atom stereocenters. The van der Waals surface area contributed by atoms with E-state index in [2.05, 4.69) is 10.6 Å². The van der Waals surface area contributed by atoms with Crippen molar-refractivity contribution >= 4 is 33.2 Å². The van der Waals surface area contributed by atoms with Gasteiger partial charge in [0.25, 0.3) is 5.91 Å². The second-order valence-electron chi connectivity index (χ2n) is 8.07. The summed E-state index contributed by atoms with van der Waals surface area (Å²) in [6, 6.07) is 21.1. The summed E-state index contributed by atoms with van der Waals surface area (Å²) in [6.07, 6.45) is 1.04. The second kappa shape index (κ2) is 11.1. The second-order valence-corrected chi connectivity index (χ2v) is 9.93. The number of hydrogen-bond donors (Lipinski definition) is 2. The van der Waals surface area contributed by atoms with Gasteiger partial charge in [0.2, 0.25) is 15.9 Å². The maximum Gasteiger partial charge on any atom is 0.253 e. The molecule has 0 fully saturated rings. The van der Waals surface area contributed by atoms with Gasteiger partial charge in [-0.15, -0.1) is 0 Å². The van der Waals surface area contributed by atoms with Gasteiger partial charge in [-0.2, -0.15) is 0 Å². The van der Waals surface area contributed by atoms with E-state index in [0.717, 1.165) is 16.1 Å². The number of nitrogens with one attached hydrogen (secondary N) is 2. The molecule has 2 N–H and O–H groups in total. The van der Waals surface area contributed by atoms with Crippen LogP contribution in [0, 0.1) is 0 Å². The Balaban J connectivity index is 1.81. The van der Waals surface area contributed by atoms with Crippen LogP contribution in [-0.4, -0.2) is 39.6 Å². The van der Waals surface area contributed by atoms with Gasteiger partial charge in [-0.1, -0.05) is 42.5 Å². The van der Waals surface area contributed by atoms with Crippen molar-refractivity contribution in [3.8, 4) is 5.75 Å². The number of amides is 2. The fourth-order valence-corrected chi connectivity index (χ4v) is 4.84. The molecule has 0 spiro atoms. The third-order valence-corrected chi connectivity index (χ3v) is 6.73. The van der Waals surface area contributed by atoms with Crippen LogP contribution in [0.25, 0.3) is 0 Å². The Morgan fingerprint density at radius 1 is 0.886 bits per heavy atom. The molecule has 9 heteroatoms. The maximum atomic E-state index is 13.1. The van der Waals surface area contributed by atoms with Crippen molar-refractivity contribution in [1.82, 2.24) is 5.32 Å². The monoisotopic (exact) mass is 495 g/mol. The molecule has 8 nitrogen and oxygen atoms in total. The average Bonchev–Trinajstić information content (AvgIpc) is 2.84. The van der Waals surface area contributed by atoms with Crippen LogP contribution in [0.3, 0.4) is 0 Å². The fourth-order valence-electron chi connectivity index (χ4n) is 3.66. The zero-order valence-electron chi connectivity index (χ0n) is 20.1. The number of benzene rings is 3. The standard InChI is InChI=1S/C26H29N3O5S/c1-18(20-10-6-5-7-11-20)27-26(31)23-12-8-9-13-24(23)28-25(30)19(2)29(35(4,32)33)21-14-16-22(34-3)17-15-21/h5-19H,1-4H3,(H,27,31)(H,28,30)/t18-,19+/m0/s1. The molecular weight excluding hydrogens is 466 g/mol. The number of carbonyl (C=O) groups excluding carboxylic acids is 2. The van der Waals surface area contributed by atoms with Gasteiger partial charge in [-0.25, -0.2) is 8.42 Å². The zero-order chi connectivity index (χ0) is 25.6. The van der Waals surface area contributed by atoms with E-state index < -0.39 is 22.0 Å². The Bertz CT molecular complexity index is 1280. The van der Waals surface area contributed by atoms with Crippen molar-refractivity contribution in [2.45, 2.75) is 25.9 Å². The summed E-state index contributed by atoms with van der Waals surface area (Å²) < 4.78 is 31.3. The van der Waals surface area contributed by atoms with Crippen LogP contribution in [0.15, 0.2) is 78.9 Å². The topological polar surface area (TPSA) is 105 Å². The van der Waals surface area contributed by atoms with Crippen LogP contribution in [0.5, 0.6) is 5.75 Å². The number of anilines is 2. The summed E-state index contributed by atoms with van der Waals surface area (Å²) in [4.78, 5) is 26.1. The van der Waals surface area contributed by atoms with Crippen molar-refractivity contribution in [2.24, 2.45) is 0 Å². The summed E-state index contributed by atoms with van der Waals surface area (Å²) in [5.74, 6) is -0.383. The number of carbonyl (C=O) groups is 2. The van der Waals surface area contributed by atoms with Crippen molar-refractivity contribution in [1.29, 1.82) is 0 Å². The Kier molecular flexibility index (Phi) is 8.14. The molecule has 2 amide bonds. The molecule has 0 aromatic heterocycles. The Hall–Kier alpha value is -3.85. The molecule has 0 aliphatic heterocycles. The molecule has 3 aromatic carbocycles. The van der Waals surface area contributed by atoms with E-state index in [-0.39, 0.29) is 23.2 Å². The highest BCUT2D eigenvalue weighted by Gasteiger charge is 2.30. The van der Waals surface area contributed by atoms with E-state index in [1.54, 1.807) is 48.5 Å². The number of hydrogen-bond acceptors (Lipinski definition) is 5. The predicted molar refractivity (Wildman–Crippen MR) is 137 cm³/mol. The average molecular weight is 496 g/mol. The van der Waals surface area contributed by atoms with Crippen LogP contribution < -0.4 is 19.7 Å². The molecule has 35 heavy (non-hydrogen) atoms. The van der Waals surface area contributed by atoms with E-state index in [9.17, 15) is 18.0 Å². The molecule has 0 saturated carbocycles. The van der Waals surface area contributed by atoms with Crippen molar-refractivity contribution in [2.75, 3.05) is 23.0 Å². The lowest BCUT2D eigenvalue weighted by Gasteiger charge is -2.28. The van der Waals surface area contributed by atoms with E-state index >= 15 is 0 Å². The number of sulfonamides is 1. The third kappa shape index (κ3) is 6.39. The highest BCUT2D eigenvalue weighted by molar-refractivity contribution is 7.92. The smallest absolute Gasteiger partial charge is 0.253 e. The van der Waals surface area contributed by atoms with Crippen LogP contribution in [0.4, 0.5) is 11.4 Å². The van der Waals surface area contributed by atoms with Gasteiger partial charge >= 0.3 is 0 Å². The van der Waals surface area contributed by atoms with E-state index in [0.29, 0.717) is 11.4 Å². The van der Waals surface area contributed by atoms with Gasteiger partial charge in [0.15, 0.2) is 0 Å². The Morgan fingerprint density at radius 2 is 1.49 bits per heavy atom. The molecule has 0 bridgehead atoms. The molecule has 3 aromatic rings. The largest absolute Gasteiger partial charge is 0.497 e. The molecule has 3 rings (SSSR count). The van der Waals surface area contributed by atoms with Crippen LogP contribution >= 0.6 is 0 Å². The molecule has 0 saturated heterocycles. The summed E-state index contributed by atoms with van der Waals surface area (Å²) >= 11 is 0. The quantitative estimate of drug-likeness (QED) is 0.467. The van der Waals surface area contributed by atoms with E-state index in [1.165, 1.54) is 14.0 Å². The Morgan fingerprint density at radius 3 is 2.09 bits per heavy atom. The summed E-state index contributed by atoms with van der Waals surface area (Å²) in [6.45, 7) is 3.36. The molecule has 0 aliphatic carbocycles. The summed E-state index contributed by atoms with van der Waals surface area (Å²) in [5.41, 5.74) is 1.81. The molecule has 0 aliphatic rings. The summed E-state index contributed by atoms with van der Waals surface area (Å²) in [5, 5.41) is 5.65. The highest BCUT2D eigenvalue weighted by Crippen LogP contribution is 2.25. The lowest BCUT2D eigenvalue weighted by Crippen LogP contribution is -2.45. The lowest BCUT2D eigenvalue weighted by atomic mass is 10.1.